The van der Waals surface area contributed by atoms with Gasteiger partial charge in [0.2, 0.25) is 0 Å². The standard InChI is InChI=1S/C18H25F2N3O3/c19-18(20)9-10-23(13-18)16(8-4-5-14(21)11-24)22-17(25)12-26-15-6-2-1-3-7-15/h1-3,6-7,11,14,16H,4-5,8-10,12-13,21H2,(H,22,25). The van der Waals surface area contributed by atoms with Crippen LogP contribution in [0, 0.1) is 0 Å². The lowest BCUT2D eigenvalue weighted by molar-refractivity contribution is -0.125. The van der Waals surface area contributed by atoms with Crippen molar-refractivity contribution in [2.45, 2.75) is 43.8 Å². The zero-order chi connectivity index (χ0) is 19.0. The molecule has 3 N–H and O–H groups in total. The van der Waals surface area contributed by atoms with Crippen molar-refractivity contribution in [1.29, 1.82) is 0 Å². The zero-order valence-electron chi connectivity index (χ0n) is 14.6. The van der Waals surface area contributed by atoms with E-state index in [1.165, 1.54) is 0 Å². The molecular weight excluding hydrogens is 344 g/mol. The fraction of sp³-hybridized carbons (Fsp3) is 0.556. The molecule has 0 bridgehead atoms. The van der Waals surface area contributed by atoms with Crippen LogP contribution in [0.1, 0.15) is 25.7 Å². The Bertz CT molecular complexity index is 586. The number of hydrogen-bond acceptors (Lipinski definition) is 5. The Morgan fingerprint density at radius 1 is 1.35 bits per heavy atom. The maximum absolute atomic E-state index is 13.5. The number of aldehydes is 1. The number of benzene rings is 1. The summed E-state index contributed by atoms with van der Waals surface area (Å²) in [5, 5.41) is 2.76. The number of alkyl halides is 2. The summed E-state index contributed by atoms with van der Waals surface area (Å²) in [6, 6.07) is 8.30. The molecule has 1 fully saturated rings. The van der Waals surface area contributed by atoms with Crippen LogP contribution in [-0.4, -0.2) is 54.9 Å². The summed E-state index contributed by atoms with van der Waals surface area (Å²) in [7, 11) is 0. The lowest BCUT2D eigenvalue weighted by Gasteiger charge is -2.28. The highest BCUT2D eigenvalue weighted by Crippen LogP contribution is 2.28. The van der Waals surface area contributed by atoms with Gasteiger partial charge in [0.15, 0.2) is 6.61 Å². The molecule has 6 nitrogen and oxygen atoms in total. The number of carbonyl (C=O) groups excluding carboxylic acids is 2. The molecule has 0 spiro atoms. The SMILES string of the molecule is NC(C=O)CCCC(NC(=O)COc1ccccc1)N1CCC(F)(F)C1. The Morgan fingerprint density at radius 2 is 2.08 bits per heavy atom. The molecule has 0 saturated carbocycles. The monoisotopic (exact) mass is 369 g/mol. The van der Waals surface area contributed by atoms with Crippen LogP contribution in [0.5, 0.6) is 5.75 Å². The maximum Gasteiger partial charge on any atom is 0.261 e. The van der Waals surface area contributed by atoms with Crippen molar-refractivity contribution in [3.8, 4) is 5.75 Å². The van der Waals surface area contributed by atoms with Crippen LogP contribution < -0.4 is 15.8 Å². The van der Waals surface area contributed by atoms with E-state index in [1.807, 2.05) is 6.07 Å². The molecule has 2 atom stereocenters. The normalized spacial score (nSPS) is 18.9. The number of rotatable bonds is 10. The fourth-order valence-electron chi connectivity index (χ4n) is 2.88. The van der Waals surface area contributed by atoms with Gasteiger partial charge in [0.25, 0.3) is 11.8 Å². The van der Waals surface area contributed by atoms with Gasteiger partial charge in [0.05, 0.1) is 18.8 Å². The Morgan fingerprint density at radius 3 is 2.69 bits per heavy atom. The minimum Gasteiger partial charge on any atom is -0.484 e. The fourth-order valence-corrected chi connectivity index (χ4v) is 2.88. The Kier molecular flexibility index (Phi) is 7.47. The molecule has 1 aromatic rings. The third-order valence-corrected chi connectivity index (χ3v) is 4.27. The predicted octanol–water partition coefficient (Wildman–Crippen LogP) is 1.55. The zero-order valence-corrected chi connectivity index (χ0v) is 14.6. The van der Waals surface area contributed by atoms with Crippen LogP contribution in [0.2, 0.25) is 0 Å². The smallest absolute Gasteiger partial charge is 0.261 e. The van der Waals surface area contributed by atoms with Gasteiger partial charge in [-0.3, -0.25) is 9.69 Å². The topological polar surface area (TPSA) is 84.7 Å². The van der Waals surface area contributed by atoms with E-state index in [0.717, 1.165) is 0 Å². The molecule has 1 amide bonds. The predicted molar refractivity (Wildman–Crippen MR) is 92.9 cm³/mol. The number of nitrogens with zero attached hydrogens (tertiary/aromatic N) is 1. The van der Waals surface area contributed by atoms with Gasteiger partial charge in [0.1, 0.15) is 12.0 Å². The summed E-state index contributed by atoms with van der Waals surface area (Å²) >= 11 is 0. The molecule has 1 aliphatic rings. The van der Waals surface area contributed by atoms with Crippen LogP contribution in [0.25, 0.3) is 0 Å². The first kappa shape index (κ1) is 20.3. The molecule has 1 saturated heterocycles. The maximum atomic E-state index is 13.5. The highest BCUT2D eigenvalue weighted by atomic mass is 19.3. The van der Waals surface area contributed by atoms with E-state index in [2.05, 4.69) is 5.32 Å². The minimum absolute atomic E-state index is 0.196. The summed E-state index contributed by atoms with van der Waals surface area (Å²) in [4.78, 5) is 24.3. The second kappa shape index (κ2) is 9.59. The number of nitrogens with one attached hydrogen (secondary N) is 1. The minimum atomic E-state index is -2.75. The van der Waals surface area contributed by atoms with Crippen molar-refractivity contribution in [2.75, 3.05) is 19.7 Å². The quantitative estimate of drug-likeness (QED) is 0.611. The van der Waals surface area contributed by atoms with Crippen LogP contribution in [0.3, 0.4) is 0 Å². The van der Waals surface area contributed by atoms with Gasteiger partial charge >= 0.3 is 0 Å². The van der Waals surface area contributed by atoms with Crippen molar-refractivity contribution in [1.82, 2.24) is 10.2 Å². The Balaban J connectivity index is 1.87. The average molecular weight is 369 g/mol. The third kappa shape index (κ3) is 6.68. The van der Waals surface area contributed by atoms with E-state index in [1.54, 1.807) is 29.2 Å². The number of para-hydroxylation sites is 1. The lowest BCUT2D eigenvalue weighted by Crippen LogP contribution is -2.49. The molecular formula is C18H25F2N3O3. The number of carbonyl (C=O) groups is 2. The van der Waals surface area contributed by atoms with Crippen molar-refractivity contribution >= 4 is 12.2 Å². The molecule has 26 heavy (non-hydrogen) atoms. The van der Waals surface area contributed by atoms with Crippen molar-refractivity contribution < 1.29 is 23.1 Å². The van der Waals surface area contributed by atoms with Gasteiger partial charge in [-0.2, -0.15) is 0 Å². The highest BCUT2D eigenvalue weighted by Gasteiger charge is 2.41. The van der Waals surface area contributed by atoms with Crippen molar-refractivity contribution in [3.63, 3.8) is 0 Å². The van der Waals surface area contributed by atoms with E-state index in [0.29, 0.717) is 31.3 Å². The molecule has 0 radical (unpaired) electrons. The summed E-state index contributed by atoms with van der Waals surface area (Å²) < 4.78 is 32.4. The molecule has 1 aliphatic heterocycles. The Labute approximate surface area is 151 Å². The number of likely N-dealkylation sites (tertiary alicyclic amines) is 1. The van der Waals surface area contributed by atoms with Gasteiger partial charge in [-0.05, 0) is 31.4 Å². The number of amides is 1. The summed E-state index contributed by atoms with van der Waals surface area (Å²) in [6.45, 7) is -0.382. The van der Waals surface area contributed by atoms with Crippen molar-refractivity contribution in [2.24, 2.45) is 5.73 Å². The van der Waals surface area contributed by atoms with Gasteiger partial charge in [-0.15, -0.1) is 0 Å². The molecule has 2 rings (SSSR count). The number of nitrogens with two attached hydrogens (primary N) is 1. The molecule has 2 unspecified atom stereocenters. The van der Waals surface area contributed by atoms with E-state index in [-0.39, 0.29) is 25.5 Å². The van der Waals surface area contributed by atoms with E-state index < -0.39 is 24.7 Å². The highest BCUT2D eigenvalue weighted by molar-refractivity contribution is 5.77. The molecule has 144 valence electrons. The Hall–Kier alpha value is -2.06. The van der Waals surface area contributed by atoms with Gasteiger partial charge in [-0.1, -0.05) is 18.2 Å². The molecule has 0 aliphatic carbocycles. The van der Waals surface area contributed by atoms with Crippen LogP contribution in [0.15, 0.2) is 30.3 Å². The second-order valence-electron chi connectivity index (χ2n) is 6.49. The van der Waals surface area contributed by atoms with Gasteiger partial charge in [0, 0.05) is 13.0 Å². The van der Waals surface area contributed by atoms with Gasteiger partial charge in [-0.25, -0.2) is 8.78 Å². The van der Waals surface area contributed by atoms with Crippen LogP contribution in [0.4, 0.5) is 8.78 Å². The number of ether oxygens (including phenoxy) is 1. The number of halogens is 2. The van der Waals surface area contributed by atoms with E-state index in [9.17, 15) is 18.4 Å². The third-order valence-electron chi connectivity index (χ3n) is 4.27. The first-order chi connectivity index (χ1) is 12.4. The number of hydrogen-bond donors (Lipinski definition) is 2. The lowest BCUT2D eigenvalue weighted by atomic mass is 10.1. The largest absolute Gasteiger partial charge is 0.484 e. The first-order valence-corrected chi connectivity index (χ1v) is 8.69. The second-order valence-corrected chi connectivity index (χ2v) is 6.49. The first-order valence-electron chi connectivity index (χ1n) is 8.69. The molecule has 8 heteroatoms. The van der Waals surface area contributed by atoms with E-state index >= 15 is 0 Å². The van der Waals surface area contributed by atoms with Crippen LogP contribution in [-0.2, 0) is 9.59 Å². The average Bonchev–Trinajstić information content (AvgIpc) is 2.99. The summed E-state index contributed by atoms with van der Waals surface area (Å²) in [5.74, 6) is -2.57. The molecule has 1 heterocycles. The van der Waals surface area contributed by atoms with Gasteiger partial charge < -0.3 is 20.6 Å². The van der Waals surface area contributed by atoms with Crippen molar-refractivity contribution in [3.05, 3.63) is 30.3 Å². The molecule has 1 aromatic carbocycles. The summed E-state index contributed by atoms with van der Waals surface area (Å²) in [5.41, 5.74) is 5.56. The molecule has 0 aromatic heterocycles. The van der Waals surface area contributed by atoms with E-state index in [4.69, 9.17) is 10.5 Å². The van der Waals surface area contributed by atoms with Crippen LogP contribution >= 0.6 is 0 Å². The summed E-state index contributed by atoms with van der Waals surface area (Å²) in [6.07, 6.45) is 1.33.